The van der Waals surface area contributed by atoms with Gasteiger partial charge < -0.3 is 9.15 Å². The fraction of sp³-hybridized carbons (Fsp3) is 0.423. The molecule has 34 heavy (non-hydrogen) atoms. The maximum atomic E-state index is 13.5. The molecule has 6 nitrogen and oxygen atoms in total. The van der Waals surface area contributed by atoms with Crippen molar-refractivity contribution in [3.8, 4) is 11.3 Å². The average Bonchev–Trinajstić information content (AvgIpc) is 3.56. The van der Waals surface area contributed by atoms with Crippen molar-refractivity contribution >= 4 is 33.9 Å². The lowest BCUT2D eigenvalue weighted by Gasteiger charge is -2.23. The van der Waals surface area contributed by atoms with Crippen molar-refractivity contribution in [3.63, 3.8) is 0 Å². The number of rotatable bonds is 10. The van der Waals surface area contributed by atoms with E-state index in [1.54, 1.807) is 25.1 Å². The number of halogens is 1. The Bertz CT molecular complexity index is 1200. The van der Waals surface area contributed by atoms with Gasteiger partial charge in [0.2, 0.25) is 0 Å². The number of carbonyl (C=O) groups is 1. The summed E-state index contributed by atoms with van der Waals surface area (Å²) in [5.41, 5.74) is 2.83. The zero-order valence-electron chi connectivity index (χ0n) is 19.7. The van der Waals surface area contributed by atoms with E-state index in [1.807, 2.05) is 6.07 Å². The summed E-state index contributed by atoms with van der Waals surface area (Å²) in [5.74, 6) is 0.140. The summed E-state index contributed by atoms with van der Waals surface area (Å²) < 4.78 is 48.9. The molecule has 1 heterocycles. The number of furan rings is 1. The third-order valence-electron chi connectivity index (χ3n) is 6.04. The van der Waals surface area contributed by atoms with Crippen molar-refractivity contribution in [1.82, 2.24) is 0 Å². The van der Waals surface area contributed by atoms with Gasteiger partial charge in [0.25, 0.3) is 11.3 Å². The first-order valence-electron chi connectivity index (χ1n) is 11.7. The van der Waals surface area contributed by atoms with Gasteiger partial charge in [-0.2, -0.15) is 0 Å². The summed E-state index contributed by atoms with van der Waals surface area (Å²) in [4.78, 5) is 13.0. The number of benzene rings is 2. The molecule has 1 aromatic heterocycles. The number of fused-ring (bicyclic) bond motifs is 1. The van der Waals surface area contributed by atoms with Crippen LogP contribution in [-0.2, 0) is 16.0 Å². The maximum Gasteiger partial charge on any atom is 0.342 e. The van der Waals surface area contributed by atoms with Gasteiger partial charge in [-0.05, 0) is 80.3 Å². The van der Waals surface area contributed by atoms with Crippen LogP contribution in [0.25, 0.3) is 22.3 Å². The molecule has 1 N–H and O–H groups in total. The number of hydrogen-bond acceptors (Lipinski definition) is 4. The summed E-state index contributed by atoms with van der Waals surface area (Å²) >= 11 is -2.20. The highest BCUT2D eigenvalue weighted by molar-refractivity contribution is 7.80. The van der Waals surface area contributed by atoms with Crippen LogP contribution in [0.4, 0.5) is 10.1 Å². The number of carbonyl (C=O) groups excluding carboxylic acids is 1. The average molecular weight is 488 g/mol. The summed E-state index contributed by atoms with van der Waals surface area (Å²) in [6.07, 6.45) is 3.68. The summed E-state index contributed by atoms with van der Waals surface area (Å²) in [6, 6.07) is 9.38. The molecule has 1 unspecified atom stereocenters. The zero-order chi connectivity index (χ0) is 24.4. The Balaban J connectivity index is 1.87. The highest BCUT2D eigenvalue weighted by Crippen LogP contribution is 2.48. The second kappa shape index (κ2) is 10.3. The van der Waals surface area contributed by atoms with E-state index in [0.29, 0.717) is 40.4 Å². The van der Waals surface area contributed by atoms with E-state index in [9.17, 15) is 17.9 Å². The molecule has 1 aliphatic rings. The number of hydrogen-bond donors (Lipinski definition) is 1. The minimum absolute atomic E-state index is 0.203. The van der Waals surface area contributed by atoms with E-state index in [1.165, 1.54) is 16.4 Å². The molecular weight excluding hydrogens is 457 g/mol. The van der Waals surface area contributed by atoms with Crippen LogP contribution in [0.1, 0.15) is 68.3 Å². The highest BCUT2D eigenvalue weighted by Gasteiger charge is 2.32. The van der Waals surface area contributed by atoms with Crippen LogP contribution in [-0.4, -0.2) is 27.9 Å². The predicted octanol–water partition coefficient (Wildman–Crippen LogP) is 6.67. The molecule has 0 radical (unpaired) electrons. The number of ether oxygens (including phenoxy) is 1. The van der Waals surface area contributed by atoms with Crippen molar-refractivity contribution in [2.75, 3.05) is 17.5 Å². The van der Waals surface area contributed by atoms with Crippen LogP contribution in [0.5, 0.6) is 0 Å². The van der Waals surface area contributed by atoms with Gasteiger partial charge in [-0.3, -0.25) is 8.86 Å². The number of anilines is 1. The third kappa shape index (κ3) is 5.18. The molecule has 1 saturated carbocycles. The maximum absolute atomic E-state index is 13.5. The Morgan fingerprint density at radius 2 is 1.97 bits per heavy atom. The van der Waals surface area contributed by atoms with E-state index in [-0.39, 0.29) is 18.1 Å². The topological polar surface area (TPSA) is 80.0 Å². The first-order valence-corrected chi connectivity index (χ1v) is 12.8. The monoisotopic (exact) mass is 487 g/mol. The van der Waals surface area contributed by atoms with Gasteiger partial charge in [0.15, 0.2) is 0 Å². The minimum atomic E-state index is -2.20. The molecule has 1 aliphatic carbocycles. The Labute approximate surface area is 201 Å². The molecule has 3 aromatic rings. The van der Waals surface area contributed by atoms with Crippen molar-refractivity contribution in [1.29, 1.82) is 0 Å². The first kappa shape index (κ1) is 24.4. The highest BCUT2D eigenvalue weighted by atomic mass is 32.2. The molecule has 2 aromatic carbocycles. The van der Waals surface area contributed by atoms with Crippen LogP contribution >= 0.6 is 0 Å². The molecular formula is C26H30FNO5S. The lowest BCUT2D eigenvalue weighted by Crippen LogP contribution is -2.27. The van der Waals surface area contributed by atoms with Gasteiger partial charge in [0.1, 0.15) is 22.7 Å². The fourth-order valence-electron chi connectivity index (χ4n) is 4.22. The normalized spacial score (nSPS) is 14.5. The van der Waals surface area contributed by atoms with Crippen molar-refractivity contribution < 1.29 is 27.1 Å². The van der Waals surface area contributed by atoms with Gasteiger partial charge in [0.05, 0.1) is 12.3 Å². The van der Waals surface area contributed by atoms with E-state index in [0.717, 1.165) is 31.2 Å². The van der Waals surface area contributed by atoms with Gasteiger partial charge in [-0.25, -0.2) is 13.4 Å². The summed E-state index contributed by atoms with van der Waals surface area (Å²) in [6.45, 7) is 6.62. The molecule has 182 valence electrons. The van der Waals surface area contributed by atoms with Gasteiger partial charge in [0, 0.05) is 23.6 Å². The van der Waals surface area contributed by atoms with Crippen LogP contribution < -0.4 is 4.31 Å². The van der Waals surface area contributed by atoms with Gasteiger partial charge in [-0.1, -0.05) is 13.8 Å². The fourth-order valence-corrected chi connectivity index (χ4v) is 4.83. The molecule has 0 amide bonds. The molecule has 0 spiro atoms. The number of esters is 1. The Hall–Kier alpha value is -2.71. The van der Waals surface area contributed by atoms with E-state index in [2.05, 4.69) is 13.8 Å². The second-order valence-corrected chi connectivity index (χ2v) is 9.99. The Morgan fingerprint density at radius 1 is 1.26 bits per heavy atom. The Kier molecular flexibility index (Phi) is 7.38. The van der Waals surface area contributed by atoms with Crippen LogP contribution in [0, 0.1) is 11.7 Å². The first-order chi connectivity index (χ1) is 16.3. The van der Waals surface area contributed by atoms with Crippen molar-refractivity contribution in [2.24, 2.45) is 5.92 Å². The smallest absolute Gasteiger partial charge is 0.342 e. The van der Waals surface area contributed by atoms with E-state index in [4.69, 9.17) is 9.15 Å². The van der Waals surface area contributed by atoms with E-state index >= 15 is 0 Å². The standard InChI is InChI=1S/C26H30FNO5S/c1-4-32-26(29)24-21-14-20(17-7-8-17)22(28(34(30)31)13-5-6-16(2)3)15-23(21)33-25(24)18-9-11-19(27)12-10-18/h9-12,14-17H,4-8,13H2,1-3H3,(H,30,31). The molecule has 4 rings (SSSR count). The zero-order valence-corrected chi connectivity index (χ0v) is 20.5. The molecule has 8 heteroatoms. The van der Waals surface area contributed by atoms with Crippen molar-refractivity contribution in [3.05, 3.63) is 53.3 Å². The van der Waals surface area contributed by atoms with Crippen LogP contribution in [0.2, 0.25) is 0 Å². The molecule has 1 atom stereocenters. The van der Waals surface area contributed by atoms with Crippen molar-refractivity contribution in [2.45, 2.75) is 52.4 Å². The van der Waals surface area contributed by atoms with Gasteiger partial charge >= 0.3 is 5.97 Å². The minimum Gasteiger partial charge on any atom is -0.462 e. The SMILES string of the molecule is CCOC(=O)c1c(-c2ccc(F)cc2)oc2cc(N(CCCC(C)C)S(=O)O)c(C3CC3)cc12. The molecule has 0 aliphatic heterocycles. The largest absolute Gasteiger partial charge is 0.462 e. The summed E-state index contributed by atoms with van der Waals surface area (Å²) in [7, 11) is 0. The summed E-state index contributed by atoms with van der Waals surface area (Å²) in [5, 5.41) is 0.592. The lowest BCUT2D eigenvalue weighted by atomic mass is 10.0. The van der Waals surface area contributed by atoms with Crippen LogP contribution in [0.3, 0.4) is 0 Å². The van der Waals surface area contributed by atoms with E-state index < -0.39 is 23.1 Å². The molecule has 1 fully saturated rings. The molecule has 0 saturated heterocycles. The van der Waals surface area contributed by atoms with Gasteiger partial charge in [-0.15, -0.1) is 0 Å². The van der Waals surface area contributed by atoms with Crippen LogP contribution in [0.15, 0.2) is 40.8 Å². The third-order valence-corrected chi connectivity index (χ3v) is 6.80. The second-order valence-electron chi connectivity index (χ2n) is 9.08. The lowest BCUT2D eigenvalue weighted by molar-refractivity contribution is 0.0528. The number of nitrogens with zero attached hydrogens (tertiary/aromatic N) is 1. The predicted molar refractivity (Wildman–Crippen MR) is 132 cm³/mol. The quantitative estimate of drug-likeness (QED) is 0.255. The Morgan fingerprint density at radius 3 is 2.56 bits per heavy atom. The molecule has 0 bridgehead atoms.